The van der Waals surface area contributed by atoms with Crippen LogP contribution in [0.3, 0.4) is 0 Å². The average molecular weight is 233 g/mol. The number of benzene rings is 1. The van der Waals surface area contributed by atoms with Gasteiger partial charge in [-0.2, -0.15) is 0 Å². The first-order chi connectivity index (χ1) is 8.31. The normalized spacial score (nSPS) is 12.1. The van der Waals surface area contributed by atoms with Gasteiger partial charge in [0.05, 0.1) is 0 Å². The smallest absolute Gasteiger partial charge is 0.119 e. The second-order valence-electron chi connectivity index (χ2n) is 4.08. The van der Waals surface area contributed by atoms with E-state index in [2.05, 4.69) is 37.9 Å². The summed E-state index contributed by atoms with van der Waals surface area (Å²) in [7, 11) is 0. The molecule has 0 heterocycles. The van der Waals surface area contributed by atoms with Crippen LogP contribution >= 0.6 is 0 Å². The standard InChI is InChI=1S/C15H23NO/c1-4-11-16-15(6-3)13-7-9-14(10-8-13)17-12-5-2/h5,7-10,15-16H,2,4,6,11-12H2,1,3H3. The van der Waals surface area contributed by atoms with Crippen LogP contribution in [0, 0.1) is 0 Å². The first-order valence-electron chi connectivity index (χ1n) is 6.38. The van der Waals surface area contributed by atoms with Crippen molar-refractivity contribution in [3.05, 3.63) is 42.5 Å². The lowest BCUT2D eigenvalue weighted by Gasteiger charge is -2.17. The third-order valence-electron chi connectivity index (χ3n) is 2.70. The first-order valence-corrected chi connectivity index (χ1v) is 6.38. The van der Waals surface area contributed by atoms with Crippen molar-refractivity contribution in [2.24, 2.45) is 0 Å². The van der Waals surface area contributed by atoms with E-state index >= 15 is 0 Å². The summed E-state index contributed by atoms with van der Waals surface area (Å²) in [6.07, 6.45) is 4.02. The monoisotopic (exact) mass is 233 g/mol. The molecule has 2 heteroatoms. The molecular formula is C15H23NO. The molecule has 0 fully saturated rings. The van der Waals surface area contributed by atoms with Gasteiger partial charge in [-0.3, -0.25) is 0 Å². The highest BCUT2D eigenvalue weighted by Crippen LogP contribution is 2.20. The maximum Gasteiger partial charge on any atom is 0.119 e. The van der Waals surface area contributed by atoms with Crippen molar-refractivity contribution in [2.45, 2.75) is 32.7 Å². The number of nitrogens with one attached hydrogen (secondary N) is 1. The summed E-state index contributed by atoms with van der Waals surface area (Å²) in [5.74, 6) is 0.902. The van der Waals surface area contributed by atoms with Gasteiger partial charge >= 0.3 is 0 Å². The Morgan fingerprint density at radius 2 is 2.00 bits per heavy atom. The van der Waals surface area contributed by atoms with Gasteiger partial charge in [0, 0.05) is 6.04 Å². The Kier molecular flexibility index (Phi) is 6.41. The lowest BCUT2D eigenvalue weighted by atomic mass is 10.0. The van der Waals surface area contributed by atoms with Crippen LogP contribution in [0.5, 0.6) is 5.75 Å². The van der Waals surface area contributed by atoms with E-state index in [0.717, 1.165) is 25.1 Å². The van der Waals surface area contributed by atoms with Crippen LogP contribution in [0.25, 0.3) is 0 Å². The van der Waals surface area contributed by atoms with Crippen LogP contribution in [-0.2, 0) is 0 Å². The summed E-state index contributed by atoms with van der Waals surface area (Å²) >= 11 is 0. The van der Waals surface area contributed by atoms with Crippen LogP contribution in [0.4, 0.5) is 0 Å². The van der Waals surface area contributed by atoms with Gasteiger partial charge in [0.15, 0.2) is 0 Å². The van der Waals surface area contributed by atoms with Gasteiger partial charge in [-0.05, 0) is 37.1 Å². The summed E-state index contributed by atoms with van der Waals surface area (Å²) in [5.41, 5.74) is 1.33. The Labute approximate surface area is 105 Å². The molecule has 1 atom stereocenters. The highest BCUT2D eigenvalue weighted by atomic mass is 16.5. The van der Waals surface area contributed by atoms with Gasteiger partial charge in [0.1, 0.15) is 12.4 Å². The SMILES string of the molecule is C=CCOc1ccc(C(CC)NCCC)cc1. The molecule has 0 aliphatic carbocycles. The second-order valence-corrected chi connectivity index (χ2v) is 4.08. The fourth-order valence-electron chi connectivity index (χ4n) is 1.77. The van der Waals surface area contributed by atoms with Gasteiger partial charge in [-0.25, -0.2) is 0 Å². The van der Waals surface area contributed by atoms with Crippen LogP contribution in [0.2, 0.25) is 0 Å². The van der Waals surface area contributed by atoms with Crippen molar-refractivity contribution in [3.8, 4) is 5.75 Å². The van der Waals surface area contributed by atoms with E-state index in [1.807, 2.05) is 12.1 Å². The summed E-state index contributed by atoms with van der Waals surface area (Å²) in [6, 6.07) is 8.76. The summed E-state index contributed by atoms with van der Waals surface area (Å²) in [6.45, 7) is 9.65. The van der Waals surface area contributed by atoms with Gasteiger partial charge in [0.2, 0.25) is 0 Å². The zero-order valence-electron chi connectivity index (χ0n) is 10.9. The van der Waals surface area contributed by atoms with E-state index in [4.69, 9.17) is 4.74 Å². The molecule has 1 aromatic rings. The van der Waals surface area contributed by atoms with Crippen LogP contribution in [-0.4, -0.2) is 13.2 Å². The minimum atomic E-state index is 0.448. The van der Waals surface area contributed by atoms with Gasteiger partial charge in [-0.1, -0.05) is 38.6 Å². The molecule has 1 rings (SSSR count). The molecule has 0 saturated carbocycles. The molecule has 0 aliphatic rings. The van der Waals surface area contributed by atoms with Gasteiger partial charge < -0.3 is 10.1 Å². The molecule has 1 unspecified atom stereocenters. The van der Waals surface area contributed by atoms with Crippen molar-refractivity contribution >= 4 is 0 Å². The maximum absolute atomic E-state index is 5.47. The molecule has 0 aromatic heterocycles. The average Bonchev–Trinajstić information content (AvgIpc) is 2.38. The number of hydrogen-bond acceptors (Lipinski definition) is 2. The molecule has 0 amide bonds. The van der Waals surface area contributed by atoms with E-state index in [-0.39, 0.29) is 0 Å². The molecule has 94 valence electrons. The fourth-order valence-corrected chi connectivity index (χ4v) is 1.77. The Morgan fingerprint density at radius 3 is 2.53 bits per heavy atom. The molecule has 0 saturated heterocycles. The van der Waals surface area contributed by atoms with Crippen LogP contribution in [0.1, 0.15) is 38.3 Å². The minimum Gasteiger partial charge on any atom is -0.490 e. The Morgan fingerprint density at radius 1 is 1.29 bits per heavy atom. The molecule has 2 nitrogen and oxygen atoms in total. The lowest BCUT2D eigenvalue weighted by Crippen LogP contribution is -2.21. The van der Waals surface area contributed by atoms with Crippen LogP contribution < -0.4 is 10.1 Å². The van der Waals surface area contributed by atoms with Crippen molar-refractivity contribution in [2.75, 3.05) is 13.2 Å². The zero-order valence-corrected chi connectivity index (χ0v) is 10.9. The maximum atomic E-state index is 5.47. The third-order valence-corrected chi connectivity index (χ3v) is 2.70. The molecular weight excluding hydrogens is 210 g/mol. The van der Waals surface area contributed by atoms with Crippen molar-refractivity contribution in [1.29, 1.82) is 0 Å². The van der Waals surface area contributed by atoms with Gasteiger partial charge in [-0.15, -0.1) is 0 Å². The summed E-state index contributed by atoms with van der Waals surface area (Å²) < 4.78 is 5.47. The van der Waals surface area contributed by atoms with Crippen LogP contribution in [0.15, 0.2) is 36.9 Å². The van der Waals surface area contributed by atoms with E-state index in [1.54, 1.807) is 6.08 Å². The molecule has 1 aromatic carbocycles. The largest absolute Gasteiger partial charge is 0.490 e. The van der Waals surface area contributed by atoms with E-state index in [1.165, 1.54) is 5.56 Å². The second kappa shape index (κ2) is 7.91. The molecule has 17 heavy (non-hydrogen) atoms. The third kappa shape index (κ3) is 4.61. The van der Waals surface area contributed by atoms with Gasteiger partial charge in [0.25, 0.3) is 0 Å². The van der Waals surface area contributed by atoms with E-state index < -0.39 is 0 Å². The number of rotatable bonds is 8. The molecule has 0 aliphatic heterocycles. The Bertz CT molecular complexity index is 318. The Hall–Kier alpha value is -1.28. The van der Waals surface area contributed by atoms with Crippen molar-refractivity contribution in [1.82, 2.24) is 5.32 Å². The highest BCUT2D eigenvalue weighted by molar-refractivity contribution is 5.29. The molecule has 0 radical (unpaired) electrons. The van der Waals surface area contributed by atoms with E-state index in [9.17, 15) is 0 Å². The molecule has 1 N–H and O–H groups in total. The van der Waals surface area contributed by atoms with Crippen molar-refractivity contribution < 1.29 is 4.74 Å². The quantitative estimate of drug-likeness (QED) is 0.691. The van der Waals surface area contributed by atoms with Crippen molar-refractivity contribution in [3.63, 3.8) is 0 Å². The van der Waals surface area contributed by atoms with E-state index in [0.29, 0.717) is 12.6 Å². The predicted octanol–water partition coefficient (Wildman–Crippen LogP) is 3.70. The molecule has 0 spiro atoms. The fraction of sp³-hybridized carbons (Fsp3) is 0.467. The summed E-state index contributed by atoms with van der Waals surface area (Å²) in [5, 5.41) is 3.54. The first kappa shape index (κ1) is 13.8. The highest BCUT2D eigenvalue weighted by Gasteiger charge is 2.07. The minimum absolute atomic E-state index is 0.448. The summed E-state index contributed by atoms with van der Waals surface area (Å²) in [4.78, 5) is 0. The topological polar surface area (TPSA) is 21.3 Å². The lowest BCUT2D eigenvalue weighted by molar-refractivity contribution is 0.363. The molecule has 0 bridgehead atoms. The Balaban J connectivity index is 2.60. The number of ether oxygens (including phenoxy) is 1. The number of hydrogen-bond donors (Lipinski definition) is 1. The predicted molar refractivity (Wildman–Crippen MR) is 73.5 cm³/mol. The zero-order chi connectivity index (χ0) is 12.5.